The molecule has 0 aliphatic carbocycles. The first-order valence-electron chi connectivity index (χ1n) is 7.89. The number of nitrogens with zero attached hydrogens (tertiary/aromatic N) is 2. The van der Waals surface area contributed by atoms with Gasteiger partial charge in [0.2, 0.25) is 5.43 Å². The molecule has 1 aliphatic heterocycles. The van der Waals surface area contributed by atoms with E-state index in [0.717, 1.165) is 18.5 Å². The fraction of sp³-hybridized carbons (Fsp3) is 0.471. The van der Waals surface area contributed by atoms with E-state index in [2.05, 4.69) is 4.98 Å². The summed E-state index contributed by atoms with van der Waals surface area (Å²) < 4.78 is 12.5. The fourth-order valence-corrected chi connectivity index (χ4v) is 2.77. The van der Waals surface area contributed by atoms with Gasteiger partial charge in [0.1, 0.15) is 17.8 Å². The maximum atomic E-state index is 12.6. The second kappa shape index (κ2) is 6.50. The highest BCUT2D eigenvalue weighted by molar-refractivity contribution is 5.93. The molecule has 1 fully saturated rings. The van der Waals surface area contributed by atoms with Crippen LogP contribution in [-0.2, 0) is 16.0 Å². The van der Waals surface area contributed by atoms with E-state index in [4.69, 9.17) is 9.47 Å². The third-order valence-electron chi connectivity index (χ3n) is 4.05. The average Bonchev–Trinajstić information content (AvgIpc) is 3.06. The van der Waals surface area contributed by atoms with E-state index in [1.807, 2.05) is 13.8 Å². The number of pyridine rings is 2. The summed E-state index contributed by atoms with van der Waals surface area (Å²) in [6, 6.07) is 3.48. The number of fused-ring (bicyclic) bond motifs is 1. The zero-order valence-corrected chi connectivity index (χ0v) is 13.4. The lowest BCUT2D eigenvalue weighted by Crippen LogP contribution is -2.24. The quantitative estimate of drug-likeness (QED) is 0.808. The second-order valence-electron chi connectivity index (χ2n) is 5.72. The maximum absolute atomic E-state index is 12.6. The van der Waals surface area contributed by atoms with Crippen molar-refractivity contribution >= 4 is 17.0 Å². The molecule has 0 aromatic carbocycles. The van der Waals surface area contributed by atoms with Crippen LogP contribution in [0, 0.1) is 6.92 Å². The second-order valence-corrected chi connectivity index (χ2v) is 5.72. The van der Waals surface area contributed by atoms with Crippen molar-refractivity contribution in [2.24, 2.45) is 0 Å². The number of esters is 1. The molecule has 122 valence electrons. The van der Waals surface area contributed by atoms with Gasteiger partial charge in [-0.1, -0.05) is 0 Å². The van der Waals surface area contributed by atoms with Gasteiger partial charge in [0, 0.05) is 25.0 Å². The standard InChI is InChI=1S/C17H20N2O4/c1-3-19-9-14(17(21)23-10-12-5-4-8-22-12)15(20)13-7-6-11(2)18-16(13)19/h6-7,9,12H,3-5,8,10H2,1-2H3. The van der Waals surface area contributed by atoms with Crippen LogP contribution >= 0.6 is 0 Å². The average molecular weight is 316 g/mol. The third-order valence-corrected chi connectivity index (χ3v) is 4.05. The van der Waals surface area contributed by atoms with Crippen molar-refractivity contribution in [1.29, 1.82) is 0 Å². The molecule has 1 saturated heterocycles. The van der Waals surface area contributed by atoms with Crippen LogP contribution < -0.4 is 5.43 Å². The molecule has 1 aliphatic rings. The molecular weight excluding hydrogens is 296 g/mol. The SMILES string of the molecule is CCn1cc(C(=O)OCC2CCCO2)c(=O)c2ccc(C)nc21. The van der Waals surface area contributed by atoms with Crippen molar-refractivity contribution in [3.8, 4) is 0 Å². The van der Waals surface area contributed by atoms with Gasteiger partial charge in [0.25, 0.3) is 0 Å². The normalized spacial score (nSPS) is 17.6. The van der Waals surface area contributed by atoms with Gasteiger partial charge in [-0.25, -0.2) is 9.78 Å². The van der Waals surface area contributed by atoms with Crippen molar-refractivity contribution in [2.75, 3.05) is 13.2 Å². The Balaban J connectivity index is 1.93. The Morgan fingerprint density at radius 1 is 1.48 bits per heavy atom. The summed E-state index contributed by atoms with van der Waals surface area (Å²) in [5.41, 5.74) is 1.12. The van der Waals surface area contributed by atoms with E-state index >= 15 is 0 Å². The molecule has 0 N–H and O–H groups in total. The third kappa shape index (κ3) is 3.12. The first kappa shape index (κ1) is 15.7. The summed E-state index contributed by atoms with van der Waals surface area (Å²) in [5.74, 6) is -0.602. The number of carbonyl (C=O) groups is 1. The van der Waals surface area contributed by atoms with E-state index in [1.54, 1.807) is 16.7 Å². The number of hydrogen-bond donors (Lipinski definition) is 0. The zero-order valence-electron chi connectivity index (χ0n) is 13.4. The van der Waals surface area contributed by atoms with E-state index in [9.17, 15) is 9.59 Å². The highest BCUT2D eigenvalue weighted by Crippen LogP contribution is 2.14. The number of hydrogen-bond acceptors (Lipinski definition) is 5. The van der Waals surface area contributed by atoms with Gasteiger partial charge in [-0.05, 0) is 38.8 Å². The summed E-state index contributed by atoms with van der Waals surface area (Å²) in [6.07, 6.45) is 3.34. The molecule has 2 aromatic heterocycles. The number of carbonyl (C=O) groups excluding carboxylic acids is 1. The molecule has 0 amide bonds. The Morgan fingerprint density at radius 3 is 3.00 bits per heavy atom. The topological polar surface area (TPSA) is 70.4 Å². The molecule has 6 heteroatoms. The highest BCUT2D eigenvalue weighted by Gasteiger charge is 2.21. The lowest BCUT2D eigenvalue weighted by Gasteiger charge is -2.13. The highest BCUT2D eigenvalue weighted by atomic mass is 16.6. The van der Waals surface area contributed by atoms with Gasteiger partial charge >= 0.3 is 5.97 Å². The molecule has 0 bridgehead atoms. The Hall–Kier alpha value is -2.21. The van der Waals surface area contributed by atoms with Crippen LogP contribution in [0.2, 0.25) is 0 Å². The lowest BCUT2D eigenvalue weighted by molar-refractivity contribution is 0.0160. The Morgan fingerprint density at radius 2 is 2.30 bits per heavy atom. The summed E-state index contributed by atoms with van der Waals surface area (Å²) in [7, 11) is 0. The predicted molar refractivity (Wildman–Crippen MR) is 85.7 cm³/mol. The predicted octanol–water partition coefficient (Wildman–Crippen LogP) is 2.06. The molecule has 0 spiro atoms. The first-order chi connectivity index (χ1) is 11.1. The Kier molecular flexibility index (Phi) is 4.43. The smallest absolute Gasteiger partial charge is 0.343 e. The molecule has 3 rings (SSSR count). The van der Waals surface area contributed by atoms with Crippen molar-refractivity contribution in [2.45, 2.75) is 39.3 Å². The Labute approximate surface area is 134 Å². The largest absolute Gasteiger partial charge is 0.459 e. The molecule has 1 unspecified atom stereocenters. The maximum Gasteiger partial charge on any atom is 0.343 e. The van der Waals surface area contributed by atoms with Crippen LogP contribution in [0.3, 0.4) is 0 Å². The van der Waals surface area contributed by atoms with Crippen molar-refractivity contribution in [3.63, 3.8) is 0 Å². The van der Waals surface area contributed by atoms with E-state index in [1.165, 1.54) is 6.20 Å². The van der Waals surface area contributed by atoms with Crippen molar-refractivity contribution in [1.82, 2.24) is 9.55 Å². The zero-order chi connectivity index (χ0) is 16.4. The van der Waals surface area contributed by atoms with Gasteiger partial charge in [-0.3, -0.25) is 4.79 Å². The summed E-state index contributed by atoms with van der Waals surface area (Å²) in [5, 5.41) is 0.434. The van der Waals surface area contributed by atoms with Crippen LogP contribution in [0.25, 0.3) is 11.0 Å². The summed E-state index contributed by atoms with van der Waals surface area (Å²) in [6.45, 7) is 5.31. The van der Waals surface area contributed by atoms with Gasteiger partial charge in [-0.15, -0.1) is 0 Å². The Bertz CT molecular complexity index is 791. The van der Waals surface area contributed by atoms with Crippen LogP contribution in [-0.4, -0.2) is 34.8 Å². The van der Waals surface area contributed by atoms with Crippen LogP contribution in [0.1, 0.15) is 35.8 Å². The molecule has 2 aromatic rings. The minimum atomic E-state index is -0.602. The van der Waals surface area contributed by atoms with Gasteiger partial charge in [-0.2, -0.15) is 0 Å². The van der Waals surface area contributed by atoms with Gasteiger partial charge < -0.3 is 14.0 Å². The van der Waals surface area contributed by atoms with Crippen molar-refractivity contribution in [3.05, 3.63) is 39.8 Å². The van der Waals surface area contributed by atoms with Crippen LogP contribution in [0.5, 0.6) is 0 Å². The lowest BCUT2D eigenvalue weighted by atomic mass is 10.2. The van der Waals surface area contributed by atoms with E-state index in [0.29, 0.717) is 24.2 Å². The van der Waals surface area contributed by atoms with E-state index in [-0.39, 0.29) is 23.7 Å². The number of aromatic nitrogens is 2. The van der Waals surface area contributed by atoms with Gasteiger partial charge in [0.05, 0.1) is 11.5 Å². The van der Waals surface area contributed by atoms with Crippen LogP contribution in [0.4, 0.5) is 0 Å². The molecule has 6 nitrogen and oxygen atoms in total. The minimum Gasteiger partial charge on any atom is -0.459 e. The first-order valence-corrected chi connectivity index (χ1v) is 7.89. The molecular formula is C17H20N2O4. The number of rotatable bonds is 4. The minimum absolute atomic E-state index is 0.0444. The molecule has 1 atom stereocenters. The van der Waals surface area contributed by atoms with Gasteiger partial charge in [0.15, 0.2) is 0 Å². The van der Waals surface area contributed by atoms with Crippen LogP contribution in [0.15, 0.2) is 23.1 Å². The molecule has 23 heavy (non-hydrogen) atoms. The molecule has 3 heterocycles. The molecule has 0 radical (unpaired) electrons. The summed E-state index contributed by atoms with van der Waals surface area (Å²) >= 11 is 0. The number of ether oxygens (including phenoxy) is 2. The van der Waals surface area contributed by atoms with E-state index < -0.39 is 5.97 Å². The monoisotopic (exact) mass is 316 g/mol. The molecule has 0 saturated carbocycles. The van der Waals surface area contributed by atoms with Crippen molar-refractivity contribution < 1.29 is 14.3 Å². The fourth-order valence-electron chi connectivity index (χ4n) is 2.77. The number of aryl methyl sites for hydroxylation is 2. The summed E-state index contributed by atoms with van der Waals surface area (Å²) in [4.78, 5) is 29.3.